The van der Waals surface area contributed by atoms with Crippen LogP contribution in [0.5, 0.6) is 0 Å². The molecule has 3 fully saturated rings. The molecule has 6 rings (SSSR count). The molecule has 1 aliphatic heterocycles. The van der Waals surface area contributed by atoms with Crippen molar-refractivity contribution in [3.05, 3.63) is 83.9 Å². The summed E-state index contributed by atoms with van der Waals surface area (Å²) < 4.78 is 5.19. The van der Waals surface area contributed by atoms with E-state index in [4.69, 9.17) is 10.5 Å². The Balaban J connectivity index is 1.21. The van der Waals surface area contributed by atoms with Crippen LogP contribution < -0.4 is 16.0 Å². The number of benzene rings is 3. The van der Waals surface area contributed by atoms with Gasteiger partial charge in [0.1, 0.15) is 0 Å². The minimum absolute atomic E-state index is 0.0927. The van der Waals surface area contributed by atoms with E-state index in [1.165, 1.54) is 12.7 Å². The molecule has 0 spiro atoms. The lowest BCUT2D eigenvalue weighted by molar-refractivity contribution is -0.119. The third kappa shape index (κ3) is 7.92. The first-order valence-electron chi connectivity index (χ1n) is 17.4. The second kappa shape index (κ2) is 15.2. The summed E-state index contributed by atoms with van der Waals surface area (Å²) in [5.41, 5.74) is 12.7. The highest BCUT2D eigenvalue weighted by molar-refractivity contribution is 5.97. The van der Waals surface area contributed by atoms with Gasteiger partial charge in [0.05, 0.1) is 18.5 Å². The standard InChI is InChI=1S/C39H50N4O3/c1-46-39(45)43(35-17-15-34(40)16-18-35)27-30-10-7-13-32(25-30)33-14-19-37(36(26-33)41-38(44)31-11-5-6-12-31)42-22-20-29(21-23-42)24-28-8-3-2-4-9-28/h2-4,7-10,13-14,19,25-26,29,31,34-35H,5-6,11-12,15-18,20-24,27,40H2,1H3,(H,41,44). The number of carbonyl (C=O) groups is 2. The molecule has 2 amide bonds. The maximum atomic E-state index is 13.4. The van der Waals surface area contributed by atoms with Gasteiger partial charge in [0.15, 0.2) is 0 Å². The molecule has 1 heterocycles. The third-order valence-corrected chi connectivity index (χ3v) is 10.5. The van der Waals surface area contributed by atoms with Crippen LogP contribution in [0.4, 0.5) is 16.2 Å². The summed E-state index contributed by atoms with van der Waals surface area (Å²) in [5.74, 6) is 0.909. The molecular weight excluding hydrogens is 572 g/mol. The van der Waals surface area contributed by atoms with Crippen molar-refractivity contribution >= 4 is 23.4 Å². The van der Waals surface area contributed by atoms with Gasteiger partial charge in [-0.15, -0.1) is 0 Å². The molecule has 7 heteroatoms. The lowest BCUT2D eigenvalue weighted by Gasteiger charge is -2.35. The number of anilines is 2. The van der Waals surface area contributed by atoms with E-state index in [0.717, 1.165) is 112 Å². The molecule has 3 aromatic carbocycles. The zero-order valence-electron chi connectivity index (χ0n) is 27.3. The molecule has 2 saturated carbocycles. The lowest BCUT2D eigenvalue weighted by Crippen LogP contribution is -2.43. The largest absolute Gasteiger partial charge is 0.453 e. The Kier molecular flexibility index (Phi) is 10.6. The average molecular weight is 623 g/mol. The summed E-state index contributed by atoms with van der Waals surface area (Å²) in [7, 11) is 1.45. The number of nitrogens with two attached hydrogens (primary N) is 1. The van der Waals surface area contributed by atoms with Crippen molar-refractivity contribution in [2.75, 3.05) is 30.4 Å². The number of hydrogen-bond acceptors (Lipinski definition) is 5. The van der Waals surface area contributed by atoms with E-state index in [1.54, 1.807) is 0 Å². The summed E-state index contributed by atoms with van der Waals surface area (Å²) in [6.07, 6.45) is 10.9. The molecule has 1 saturated heterocycles. The normalized spacial score (nSPS) is 20.8. The van der Waals surface area contributed by atoms with E-state index in [1.807, 2.05) is 4.90 Å². The molecule has 7 nitrogen and oxygen atoms in total. The van der Waals surface area contributed by atoms with Crippen LogP contribution in [0.15, 0.2) is 72.8 Å². The van der Waals surface area contributed by atoms with E-state index in [-0.39, 0.29) is 30.0 Å². The highest BCUT2D eigenvalue weighted by atomic mass is 16.5. The van der Waals surface area contributed by atoms with Crippen LogP contribution in [0.1, 0.15) is 75.3 Å². The van der Waals surface area contributed by atoms with Crippen molar-refractivity contribution in [3.8, 4) is 11.1 Å². The van der Waals surface area contributed by atoms with Gasteiger partial charge in [0, 0.05) is 37.6 Å². The summed E-state index contributed by atoms with van der Waals surface area (Å²) in [6, 6.07) is 26.1. The van der Waals surface area contributed by atoms with Gasteiger partial charge in [-0.25, -0.2) is 4.79 Å². The second-order valence-electron chi connectivity index (χ2n) is 13.7. The number of ether oxygens (including phenoxy) is 1. The zero-order valence-corrected chi connectivity index (χ0v) is 27.3. The predicted molar refractivity (Wildman–Crippen MR) is 186 cm³/mol. The van der Waals surface area contributed by atoms with Crippen LogP contribution >= 0.6 is 0 Å². The van der Waals surface area contributed by atoms with Gasteiger partial charge in [-0.2, -0.15) is 0 Å². The van der Waals surface area contributed by atoms with Crippen molar-refractivity contribution in [2.45, 2.75) is 89.3 Å². The molecule has 2 aliphatic carbocycles. The van der Waals surface area contributed by atoms with E-state index in [9.17, 15) is 9.59 Å². The Morgan fingerprint density at radius 2 is 1.52 bits per heavy atom. The van der Waals surface area contributed by atoms with E-state index >= 15 is 0 Å². The first-order valence-corrected chi connectivity index (χ1v) is 17.4. The molecular formula is C39H50N4O3. The number of hydrogen-bond donors (Lipinski definition) is 2. The minimum Gasteiger partial charge on any atom is -0.453 e. The predicted octanol–water partition coefficient (Wildman–Crippen LogP) is 7.78. The van der Waals surface area contributed by atoms with Crippen LogP contribution in [-0.2, 0) is 22.5 Å². The lowest BCUT2D eigenvalue weighted by atomic mass is 9.89. The summed E-state index contributed by atoms with van der Waals surface area (Å²) in [5, 5.41) is 3.37. The number of amides is 2. The molecule has 3 aliphatic rings. The molecule has 46 heavy (non-hydrogen) atoms. The Hall–Kier alpha value is -3.84. The number of nitrogens with zero attached hydrogens (tertiary/aromatic N) is 2. The topological polar surface area (TPSA) is 87.9 Å². The Bertz CT molecular complexity index is 1460. The van der Waals surface area contributed by atoms with Gasteiger partial charge in [-0.05, 0) is 104 Å². The second-order valence-corrected chi connectivity index (χ2v) is 13.7. The van der Waals surface area contributed by atoms with Crippen molar-refractivity contribution in [3.63, 3.8) is 0 Å². The molecule has 0 unspecified atom stereocenters. The monoisotopic (exact) mass is 622 g/mol. The molecule has 0 radical (unpaired) electrons. The molecule has 244 valence electrons. The number of piperidine rings is 1. The van der Waals surface area contributed by atoms with E-state index in [2.05, 4.69) is 83.0 Å². The highest BCUT2D eigenvalue weighted by Crippen LogP contribution is 2.36. The van der Waals surface area contributed by atoms with Crippen molar-refractivity contribution in [1.82, 2.24) is 4.90 Å². The fourth-order valence-corrected chi connectivity index (χ4v) is 7.76. The molecule has 0 aromatic heterocycles. The van der Waals surface area contributed by atoms with Crippen molar-refractivity contribution < 1.29 is 14.3 Å². The number of nitrogens with one attached hydrogen (secondary N) is 1. The smallest absolute Gasteiger partial charge is 0.410 e. The van der Waals surface area contributed by atoms with Gasteiger partial charge < -0.3 is 25.6 Å². The van der Waals surface area contributed by atoms with Gasteiger partial charge in [-0.3, -0.25) is 4.79 Å². The summed E-state index contributed by atoms with van der Waals surface area (Å²) >= 11 is 0. The zero-order chi connectivity index (χ0) is 31.9. The van der Waals surface area contributed by atoms with Crippen LogP contribution in [0.25, 0.3) is 11.1 Å². The van der Waals surface area contributed by atoms with Crippen LogP contribution in [-0.4, -0.2) is 49.2 Å². The molecule has 3 aromatic rings. The van der Waals surface area contributed by atoms with Crippen LogP contribution in [0.2, 0.25) is 0 Å². The fourth-order valence-electron chi connectivity index (χ4n) is 7.76. The summed E-state index contributed by atoms with van der Waals surface area (Å²) in [6.45, 7) is 2.45. The van der Waals surface area contributed by atoms with Crippen LogP contribution in [0.3, 0.4) is 0 Å². The molecule has 0 bridgehead atoms. The highest BCUT2D eigenvalue weighted by Gasteiger charge is 2.29. The SMILES string of the molecule is COC(=O)N(Cc1cccc(-c2ccc(N3CCC(Cc4ccccc4)CC3)c(NC(=O)C3CCCC3)c2)c1)C1CCC(N)CC1. The van der Waals surface area contributed by atoms with Gasteiger partial charge >= 0.3 is 6.09 Å². The van der Waals surface area contributed by atoms with Crippen molar-refractivity contribution in [2.24, 2.45) is 17.6 Å². The quantitative estimate of drug-likeness (QED) is 0.255. The summed E-state index contributed by atoms with van der Waals surface area (Å²) in [4.78, 5) is 30.6. The maximum absolute atomic E-state index is 13.4. The molecule has 3 N–H and O–H groups in total. The Morgan fingerprint density at radius 3 is 2.24 bits per heavy atom. The Labute approximate surface area is 274 Å². The van der Waals surface area contributed by atoms with Crippen LogP contribution in [0, 0.1) is 11.8 Å². The number of carbonyl (C=O) groups excluding carboxylic acids is 2. The minimum atomic E-state index is -0.292. The van der Waals surface area contributed by atoms with E-state index < -0.39 is 0 Å². The van der Waals surface area contributed by atoms with Crippen molar-refractivity contribution in [1.29, 1.82) is 0 Å². The number of methoxy groups -OCH3 is 1. The van der Waals surface area contributed by atoms with Gasteiger partial charge in [0.2, 0.25) is 5.91 Å². The maximum Gasteiger partial charge on any atom is 0.410 e. The average Bonchev–Trinajstić information content (AvgIpc) is 3.64. The first kappa shape index (κ1) is 32.1. The molecule has 0 atom stereocenters. The third-order valence-electron chi connectivity index (χ3n) is 10.5. The van der Waals surface area contributed by atoms with E-state index in [0.29, 0.717) is 12.5 Å². The fraction of sp³-hybridized carbons (Fsp3) is 0.487. The first-order chi connectivity index (χ1) is 22.5. The van der Waals surface area contributed by atoms with Gasteiger partial charge in [0.25, 0.3) is 0 Å². The number of rotatable bonds is 9. The Morgan fingerprint density at radius 1 is 0.826 bits per heavy atom. The van der Waals surface area contributed by atoms with Gasteiger partial charge in [-0.1, -0.05) is 67.4 Å².